The Labute approximate surface area is 136 Å². The summed E-state index contributed by atoms with van der Waals surface area (Å²) in [4.78, 5) is 35.9. The zero-order valence-corrected chi connectivity index (χ0v) is 12.6. The second kappa shape index (κ2) is 5.85. The number of carboxylic acid groups (broad SMARTS) is 1. The monoisotopic (exact) mass is 329 g/mol. The van der Waals surface area contributed by atoms with Crippen molar-refractivity contribution in [3.05, 3.63) is 64.2 Å². The second-order valence-electron chi connectivity index (χ2n) is 5.31. The number of carbonyl (C=O) groups excluding carboxylic acids is 2. The topological polar surface area (TPSA) is 83.5 Å². The molecule has 0 saturated carbocycles. The van der Waals surface area contributed by atoms with Crippen LogP contribution in [0.4, 0.5) is 5.69 Å². The van der Waals surface area contributed by atoms with Crippen molar-refractivity contribution in [1.82, 2.24) is 0 Å². The Morgan fingerprint density at radius 2 is 1.96 bits per heavy atom. The van der Waals surface area contributed by atoms with E-state index in [0.29, 0.717) is 10.7 Å². The standard InChI is InChI=1S/C17H12ClNO4/c18-11-3-1-2-9(6-11)7-13-15(20)12-8-10(17(22)23)4-5-14(12)19-16(13)21/h1-6,8,13H,7H2,(H,19,21)(H,22,23). The molecule has 1 heterocycles. The van der Waals surface area contributed by atoms with Crippen molar-refractivity contribution >= 4 is 34.9 Å². The van der Waals surface area contributed by atoms with E-state index in [0.717, 1.165) is 5.56 Å². The van der Waals surface area contributed by atoms with Crippen LogP contribution in [0.2, 0.25) is 5.02 Å². The summed E-state index contributed by atoms with van der Waals surface area (Å²) >= 11 is 5.92. The van der Waals surface area contributed by atoms with Crippen LogP contribution in [0.1, 0.15) is 26.3 Å². The van der Waals surface area contributed by atoms with E-state index in [1.165, 1.54) is 18.2 Å². The minimum absolute atomic E-state index is 0.00903. The molecule has 6 heteroatoms. The van der Waals surface area contributed by atoms with Crippen LogP contribution in [-0.2, 0) is 11.2 Å². The number of carbonyl (C=O) groups is 3. The van der Waals surface area contributed by atoms with Crippen molar-refractivity contribution in [3.8, 4) is 0 Å². The summed E-state index contributed by atoms with van der Waals surface area (Å²) in [5.41, 5.74) is 1.34. The smallest absolute Gasteiger partial charge is 0.335 e. The number of ketones is 1. The van der Waals surface area contributed by atoms with Gasteiger partial charge in [0.1, 0.15) is 5.92 Å². The zero-order valence-electron chi connectivity index (χ0n) is 11.9. The number of amides is 1. The summed E-state index contributed by atoms with van der Waals surface area (Å²) in [5.74, 6) is -2.80. The summed E-state index contributed by atoms with van der Waals surface area (Å²) in [5, 5.41) is 12.2. The van der Waals surface area contributed by atoms with Crippen molar-refractivity contribution in [1.29, 1.82) is 0 Å². The first-order valence-corrected chi connectivity index (χ1v) is 7.30. The van der Waals surface area contributed by atoms with Gasteiger partial charge < -0.3 is 10.4 Å². The van der Waals surface area contributed by atoms with Crippen molar-refractivity contribution in [2.24, 2.45) is 5.92 Å². The molecule has 2 aromatic rings. The van der Waals surface area contributed by atoms with Gasteiger partial charge in [-0.1, -0.05) is 23.7 Å². The van der Waals surface area contributed by atoms with Gasteiger partial charge in [-0.05, 0) is 42.3 Å². The Bertz CT molecular complexity index is 831. The molecule has 0 aliphatic carbocycles. The summed E-state index contributed by atoms with van der Waals surface area (Å²) in [6.07, 6.45) is 0.210. The lowest BCUT2D eigenvalue weighted by Crippen LogP contribution is -2.36. The van der Waals surface area contributed by atoms with Gasteiger partial charge in [-0.25, -0.2) is 4.79 Å². The zero-order chi connectivity index (χ0) is 16.6. The van der Waals surface area contributed by atoms with Crippen molar-refractivity contribution in [2.75, 3.05) is 5.32 Å². The number of anilines is 1. The van der Waals surface area contributed by atoms with E-state index < -0.39 is 17.8 Å². The summed E-state index contributed by atoms with van der Waals surface area (Å²) in [7, 11) is 0. The maximum absolute atomic E-state index is 12.6. The molecular formula is C17H12ClNO4. The fraction of sp³-hybridized carbons (Fsp3) is 0.118. The SMILES string of the molecule is O=C(O)c1ccc2c(c1)C(=O)C(Cc1cccc(Cl)c1)C(=O)N2. The number of carboxylic acids is 1. The quantitative estimate of drug-likeness (QED) is 0.848. The maximum Gasteiger partial charge on any atom is 0.335 e. The molecule has 1 unspecified atom stereocenters. The Hall–Kier alpha value is -2.66. The van der Waals surface area contributed by atoms with Crippen LogP contribution in [-0.4, -0.2) is 22.8 Å². The maximum atomic E-state index is 12.6. The van der Waals surface area contributed by atoms with Gasteiger partial charge in [0.2, 0.25) is 5.91 Å². The second-order valence-corrected chi connectivity index (χ2v) is 5.74. The van der Waals surface area contributed by atoms with E-state index in [4.69, 9.17) is 16.7 Å². The van der Waals surface area contributed by atoms with Crippen LogP contribution in [0.25, 0.3) is 0 Å². The number of hydrogen-bond acceptors (Lipinski definition) is 3. The van der Waals surface area contributed by atoms with Gasteiger partial charge in [-0.15, -0.1) is 0 Å². The minimum Gasteiger partial charge on any atom is -0.478 e. The first kappa shape index (κ1) is 15.2. The van der Waals surface area contributed by atoms with E-state index in [2.05, 4.69) is 5.32 Å². The molecule has 1 aliphatic rings. The normalized spacial score (nSPS) is 16.7. The predicted molar refractivity (Wildman–Crippen MR) is 85.0 cm³/mol. The van der Waals surface area contributed by atoms with E-state index in [-0.39, 0.29) is 23.3 Å². The number of rotatable bonds is 3. The minimum atomic E-state index is -1.12. The van der Waals surface area contributed by atoms with Gasteiger partial charge in [0.25, 0.3) is 0 Å². The molecular weight excluding hydrogens is 318 g/mol. The summed E-state index contributed by atoms with van der Waals surface area (Å²) in [6.45, 7) is 0. The Morgan fingerprint density at radius 3 is 2.65 bits per heavy atom. The third kappa shape index (κ3) is 2.96. The van der Waals surface area contributed by atoms with E-state index >= 15 is 0 Å². The van der Waals surface area contributed by atoms with Crippen LogP contribution in [0, 0.1) is 5.92 Å². The van der Waals surface area contributed by atoms with Crippen LogP contribution >= 0.6 is 11.6 Å². The fourth-order valence-electron chi connectivity index (χ4n) is 2.60. The molecule has 3 rings (SSSR count). The number of Topliss-reactive ketones (excluding diaryl/α,β-unsaturated/α-hetero) is 1. The third-order valence-corrected chi connectivity index (χ3v) is 3.99. The van der Waals surface area contributed by atoms with Crippen LogP contribution < -0.4 is 5.32 Å². The number of nitrogens with one attached hydrogen (secondary N) is 1. The van der Waals surface area contributed by atoms with Crippen molar-refractivity contribution < 1.29 is 19.5 Å². The highest BCUT2D eigenvalue weighted by atomic mass is 35.5. The Kier molecular flexibility index (Phi) is 3.88. The molecule has 0 spiro atoms. The Morgan fingerprint density at radius 1 is 1.17 bits per heavy atom. The number of hydrogen-bond donors (Lipinski definition) is 2. The van der Waals surface area contributed by atoms with Gasteiger partial charge in [-0.3, -0.25) is 9.59 Å². The number of fused-ring (bicyclic) bond motifs is 1. The summed E-state index contributed by atoms with van der Waals surface area (Å²) in [6, 6.07) is 11.0. The van der Waals surface area contributed by atoms with E-state index in [1.807, 2.05) is 0 Å². The number of aromatic carboxylic acids is 1. The van der Waals surface area contributed by atoms with Gasteiger partial charge in [0.15, 0.2) is 5.78 Å². The summed E-state index contributed by atoms with van der Waals surface area (Å²) < 4.78 is 0. The Balaban J connectivity index is 1.95. The molecule has 0 radical (unpaired) electrons. The molecule has 0 saturated heterocycles. The fourth-order valence-corrected chi connectivity index (χ4v) is 2.81. The molecule has 5 nitrogen and oxygen atoms in total. The highest BCUT2D eigenvalue weighted by molar-refractivity contribution is 6.30. The predicted octanol–water partition coefficient (Wildman–Crippen LogP) is 3.03. The van der Waals surface area contributed by atoms with E-state index in [1.54, 1.807) is 24.3 Å². The van der Waals surface area contributed by atoms with Gasteiger partial charge in [0, 0.05) is 10.6 Å². The van der Waals surface area contributed by atoms with Crippen LogP contribution in [0.3, 0.4) is 0 Å². The number of benzene rings is 2. The molecule has 2 N–H and O–H groups in total. The molecule has 116 valence electrons. The van der Waals surface area contributed by atoms with Crippen LogP contribution in [0.5, 0.6) is 0 Å². The molecule has 0 fully saturated rings. The average molecular weight is 330 g/mol. The molecule has 0 aromatic heterocycles. The molecule has 1 aliphatic heterocycles. The first-order valence-electron chi connectivity index (χ1n) is 6.92. The lowest BCUT2D eigenvalue weighted by atomic mass is 9.86. The highest BCUT2D eigenvalue weighted by Crippen LogP contribution is 2.29. The lowest BCUT2D eigenvalue weighted by Gasteiger charge is -2.23. The largest absolute Gasteiger partial charge is 0.478 e. The van der Waals surface area contributed by atoms with Crippen molar-refractivity contribution in [3.63, 3.8) is 0 Å². The number of halogens is 1. The lowest BCUT2D eigenvalue weighted by molar-refractivity contribution is -0.118. The van der Waals surface area contributed by atoms with Crippen LogP contribution in [0.15, 0.2) is 42.5 Å². The third-order valence-electron chi connectivity index (χ3n) is 3.75. The van der Waals surface area contributed by atoms with Gasteiger partial charge in [-0.2, -0.15) is 0 Å². The average Bonchev–Trinajstić information content (AvgIpc) is 2.51. The van der Waals surface area contributed by atoms with Gasteiger partial charge >= 0.3 is 5.97 Å². The highest BCUT2D eigenvalue weighted by Gasteiger charge is 2.34. The molecule has 2 aromatic carbocycles. The van der Waals surface area contributed by atoms with Crippen molar-refractivity contribution in [2.45, 2.75) is 6.42 Å². The molecule has 1 amide bonds. The molecule has 0 bridgehead atoms. The molecule has 23 heavy (non-hydrogen) atoms. The molecule has 1 atom stereocenters. The van der Waals surface area contributed by atoms with E-state index in [9.17, 15) is 14.4 Å². The first-order chi connectivity index (χ1) is 11.0. The van der Waals surface area contributed by atoms with Gasteiger partial charge in [0.05, 0.1) is 11.3 Å².